The Morgan fingerprint density at radius 1 is 1.47 bits per heavy atom. The van der Waals surface area contributed by atoms with Crippen molar-refractivity contribution in [3.8, 4) is 0 Å². The maximum atomic E-state index is 11.0. The molecule has 1 atom stereocenters. The van der Waals surface area contributed by atoms with Crippen LogP contribution in [0.15, 0.2) is 12.1 Å². The number of carbonyl (C=O) groups is 1. The van der Waals surface area contributed by atoms with Crippen LogP contribution >= 0.6 is 0 Å². The molecule has 4 nitrogen and oxygen atoms in total. The van der Waals surface area contributed by atoms with Gasteiger partial charge in [-0.1, -0.05) is 0 Å². The van der Waals surface area contributed by atoms with Gasteiger partial charge in [-0.15, -0.1) is 0 Å². The van der Waals surface area contributed by atoms with Crippen molar-refractivity contribution in [2.75, 3.05) is 6.54 Å². The molecule has 0 bridgehead atoms. The predicted octanol–water partition coefficient (Wildman–Crippen LogP) is 1.24. The van der Waals surface area contributed by atoms with Crippen molar-refractivity contribution in [2.24, 2.45) is 5.92 Å². The van der Waals surface area contributed by atoms with Gasteiger partial charge < -0.3 is 15.0 Å². The summed E-state index contributed by atoms with van der Waals surface area (Å²) in [4.78, 5) is 11.0. The molecule has 1 aromatic heterocycles. The van der Waals surface area contributed by atoms with Crippen molar-refractivity contribution in [2.45, 2.75) is 25.4 Å². The Kier molecular flexibility index (Phi) is 1.85. The fourth-order valence-corrected chi connectivity index (χ4v) is 2.47. The van der Waals surface area contributed by atoms with E-state index in [1.165, 1.54) is 12.8 Å². The minimum Gasteiger partial charge on any atom is -0.477 e. The average molecular weight is 206 g/mol. The first-order valence-corrected chi connectivity index (χ1v) is 5.43. The summed E-state index contributed by atoms with van der Waals surface area (Å²) in [7, 11) is 0. The van der Waals surface area contributed by atoms with Crippen molar-refractivity contribution in [3.63, 3.8) is 0 Å². The number of nitrogens with zero attached hydrogens (tertiary/aromatic N) is 1. The molecule has 1 unspecified atom stereocenters. The van der Waals surface area contributed by atoms with Gasteiger partial charge in [0.1, 0.15) is 5.69 Å². The number of carboxylic acids is 1. The van der Waals surface area contributed by atoms with E-state index >= 15 is 0 Å². The highest BCUT2D eigenvalue weighted by Crippen LogP contribution is 2.42. The van der Waals surface area contributed by atoms with E-state index in [0.717, 1.165) is 24.7 Å². The number of fused-ring (bicyclic) bond motifs is 1. The molecule has 4 heteroatoms. The molecule has 2 N–H and O–H groups in total. The van der Waals surface area contributed by atoms with Crippen LogP contribution in [0.2, 0.25) is 0 Å². The quantitative estimate of drug-likeness (QED) is 0.765. The van der Waals surface area contributed by atoms with Crippen molar-refractivity contribution in [1.82, 2.24) is 9.88 Å². The minimum absolute atomic E-state index is 0.381. The largest absolute Gasteiger partial charge is 0.477 e. The maximum Gasteiger partial charge on any atom is 0.352 e. The van der Waals surface area contributed by atoms with Gasteiger partial charge in [0.15, 0.2) is 0 Å². The van der Waals surface area contributed by atoms with Gasteiger partial charge in [0.05, 0.1) is 6.04 Å². The van der Waals surface area contributed by atoms with Crippen LogP contribution in [0, 0.1) is 5.92 Å². The lowest BCUT2D eigenvalue weighted by atomic mass is 10.1. The van der Waals surface area contributed by atoms with Gasteiger partial charge in [0, 0.05) is 18.8 Å². The molecular formula is C11H14N2O2. The summed E-state index contributed by atoms with van der Waals surface area (Å²) in [6.45, 7) is 1.65. The SMILES string of the molecule is O=C(O)c1ccc2n1CCNC2C1CC1. The molecule has 15 heavy (non-hydrogen) atoms. The zero-order valence-electron chi connectivity index (χ0n) is 8.44. The van der Waals surface area contributed by atoms with E-state index in [9.17, 15) is 4.79 Å². The van der Waals surface area contributed by atoms with E-state index in [0.29, 0.717) is 11.7 Å². The zero-order chi connectivity index (χ0) is 10.4. The lowest BCUT2D eigenvalue weighted by Gasteiger charge is -2.27. The summed E-state index contributed by atoms with van der Waals surface area (Å²) < 4.78 is 1.95. The normalized spacial score (nSPS) is 24.9. The summed E-state index contributed by atoms with van der Waals surface area (Å²) in [5.41, 5.74) is 1.58. The number of nitrogens with one attached hydrogen (secondary N) is 1. The number of rotatable bonds is 2. The molecule has 0 amide bonds. The van der Waals surface area contributed by atoms with Crippen molar-refractivity contribution >= 4 is 5.97 Å². The maximum absolute atomic E-state index is 11.0. The number of hydrogen-bond donors (Lipinski definition) is 2. The third-order valence-corrected chi connectivity index (χ3v) is 3.35. The summed E-state index contributed by atoms with van der Waals surface area (Å²) in [5.74, 6) is -0.0988. The molecular weight excluding hydrogens is 192 g/mol. The molecule has 1 fully saturated rings. The fraction of sp³-hybridized carbons (Fsp3) is 0.545. The highest BCUT2D eigenvalue weighted by atomic mass is 16.4. The molecule has 0 aromatic carbocycles. The van der Waals surface area contributed by atoms with Crippen LogP contribution in [0.3, 0.4) is 0 Å². The summed E-state index contributed by atoms with van der Waals surface area (Å²) >= 11 is 0. The van der Waals surface area contributed by atoms with E-state index in [1.54, 1.807) is 6.07 Å². The second-order valence-electron chi connectivity index (χ2n) is 4.37. The number of hydrogen-bond acceptors (Lipinski definition) is 2. The Morgan fingerprint density at radius 3 is 2.93 bits per heavy atom. The standard InChI is InChI=1S/C11H14N2O2/c14-11(15)9-4-3-8-10(7-1-2-7)12-5-6-13(8)9/h3-4,7,10,12H,1-2,5-6H2,(H,14,15). The molecule has 0 radical (unpaired) electrons. The molecule has 80 valence electrons. The lowest BCUT2D eigenvalue weighted by Crippen LogP contribution is -2.35. The third-order valence-electron chi connectivity index (χ3n) is 3.35. The minimum atomic E-state index is -0.822. The third kappa shape index (κ3) is 1.36. The zero-order valence-corrected chi connectivity index (χ0v) is 8.44. The van der Waals surface area contributed by atoms with Crippen LogP contribution in [0.1, 0.15) is 35.1 Å². The Hall–Kier alpha value is -1.29. The molecule has 0 saturated heterocycles. The van der Waals surface area contributed by atoms with E-state index in [2.05, 4.69) is 5.32 Å². The highest BCUT2D eigenvalue weighted by Gasteiger charge is 2.36. The molecule has 2 heterocycles. The molecule has 1 aliphatic heterocycles. The Bertz CT molecular complexity index is 407. The van der Waals surface area contributed by atoms with Gasteiger partial charge in [0.25, 0.3) is 0 Å². The second-order valence-corrected chi connectivity index (χ2v) is 4.37. The van der Waals surface area contributed by atoms with Crippen molar-refractivity contribution < 1.29 is 9.90 Å². The first-order chi connectivity index (χ1) is 7.27. The van der Waals surface area contributed by atoms with Crippen molar-refractivity contribution in [3.05, 3.63) is 23.5 Å². The molecule has 1 aliphatic carbocycles. The average Bonchev–Trinajstić information content (AvgIpc) is 2.96. The second kappa shape index (κ2) is 3.10. The topological polar surface area (TPSA) is 54.3 Å². The van der Waals surface area contributed by atoms with E-state index in [-0.39, 0.29) is 0 Å². The summed E-state index contributed by atoms with van der Waals surface area (Å²) in [6.07, 6.45) is 2.54. The van der Waals surface area contributed by atoms with Gasteiger partial charge in [-0.05, 0) is 30.9 Å². The molecule has 2 aliphatic rings. The molecule has 3 rings (SSSR count). The summed E-state index contributed by atoms with van der Waals surface area (Å²) in [5, 5.41) is 12.5. The molecule has 0 spiro atoms. The number of carboxylic acid groups (broad SMARTS) is 1. The van der Waals surface area contributed by atoms with Crippen LogP contribution in [0.4, 0.5) is 0 Å². The summed E-state index contributed by atoms with van der Waals surface area (Å²) in [6, 6.07) is 4.06. The van der Waals surface area contributed by atoms with Crippen LogP contribution in [0.5, 0.6) is 0 Å². The predicted molar refractivity (Wildman–Crippen MR) is 54.9 cm³/mol. The van der Waals surface area contributed by atoms with Gasteiger partial charge in [-0.2, -0.15) is 0 Å². The van der Waals surface area contributed by atoms with E-state index in [4.69, 9.17) is 5.11 Å². The molecule has 1 saturated carbocycles. The lowest BCUT2D eigenvalue weighted by molar-refractivity contribution is 0.0683. The van der Waals surface area contributed by atoms with Gasteiger partial charge in [-0.25, -0.2) is 4.79 Å². The monoisotopic (exact) mass is 206 g/mol. The molecule has 1 aromatic rings. The van der Waals surface area contributed by atoms with Gasteiger partial charge in [-0.3, -0.25) is 0 Å². The highest BCUT2D eigenvalue weighted by molar-refractivity contribution is 5.86. The van der Waals surface area contributed by atoms with Crippen LogP contribution < -0.4 is 5.32 Å². The number of aromatic carboxylic acids is 1. The van der Waals surface area contributed by atoms with Gasteiger partial charge in [0.2, 0.25) is 0 Å². The first kappa shape index (κ1) is 8.97. The first-order valence-electron chi connectivity index (χ1n) is 5.43. The van der Waals surface area contributed by atoms with Crippen molar-refractivity contribution in [1.29, 1.82) is 0 Å². The van der Waals surface area contributed by atoms with Crippen LogP contribution in [-0.2, 0) is 6.54 Å². The van der Waals surface area contributed by atoms with Gasteiger partial charge >= 0.3 is 5.97 Å². The van der Waals surface area contributed by atoms with Crippen LogP contribution in [0.25, 0.3) is 0 Å². The fourth-order valence-electron chi connectivity index (χ4n) is 2.47. The number of aromatic nitrogens is 1. The van der Waals surface area contributed by atoms with E-state index in [1.807, 2.05) is 10.6 Å². The Morgan fingerprint density at radius 2 is 2.27 bits per heavy atom. The Balaban J connectivity index is 2.01. The van der Waals surface area contributed by atoms with E-state index < -0.39 is 5.97 Å². The Labute approximate surface area is 87.9 Å². The smallest absolute Gasteiger partial charge is 0.352 e. The van der Waals surface area contributed by atoms with Crippen LogP contribution in [-0.4, -0.2) is 22.2 Å².